The fraction of sp³-hybridized carbons (Fsp3) is 0.167. The van der Waals surface area contributed by atoms with Crippen molar-refractivity contribution in [2.24, 2.45) is 0 Å². The molecule has 0 N–H and O–H groups in total. The number of hydrogen-bond donors (Lipinski definition) is 0. The molecule has 126 valence electrons. The number of benzene rings is 3. The highest BCUT2D eigenvalue weighted by Crippen LogP contribution is 2.47. The fourth-order valence-corrected chi connectivity index (χ4v) is 5.26. The summed E-state index contributed by atoms with van der Waals surface area (Å²) in [6.45, 7) is 6.74. The smallest absolute Gasteiger partial charge is 0.0134 e. The monoisotopic (exact) mass is 344 g/mol. The van der Waals surface area contributed by atoms with Crippen molar-refractivity contribution in [3.63, 3.8) is 0 Å². The van der Waals surface area contributed by atoms with Crippen molar-refractivity contribution in [3.05, 3.63) is 103 Å². The van der Waals surface area contributed by atoms with Crippen LogP contribution in [0.25, 0.3) is 5.31 Å². The zero-order valence-corrected chi connectivity index (χ0v) is 15.8. The predicted molar refractivity (Wildman–Crippen MR) is 113 cm³/mol. The van der Waals surface area contributed by atoms with E-state index >= 15 is 0 Å². The Bertz CT molecular complexity index is 749. The molecule has 0 aliphatic carbocycles. The molecule has 3 aromatic carbocycles. The van der Waals surface area contributed by atoms with Gasteiger partial charge in [0.15, 0.2) is 0 Å². The van der Waals surface area contributed by atoms with E-state index in [9.17, 15) is 0 Å². The van der Waals surface area contributed by atoms with Crippen LogP contribution in [0.4, 0.5) is 0 Å². The molecule has 0 saturated carbocycles. The van der Waals surface area contributed by atoms with Crippen molar-refractivity contribution in [1.29, 1.82) is 0 Å². The quantitative estimate of drug-likeness (QED) is 0.452. The highest BCUT2D eigenvalue weighted by atomic mass is 31.1. The van der Waals surface area contributed by atoms with Gasteiger partial charge in [-0.2, -0.15) is 0 Å². The van der Waals surface area contributed by atoms with E-state index < -0.39 is 7.92 Å². The van der Waals surface area contributed by atoms with Gasteiger partial charge in [0, 0.05) is 0 Å². The van der Waals surface area contributed by atoms with Crippen LogP contribution in [0.5, 0.6) is 0 Å². The average Bonchev–Trinajstić information content (AvgIpc) is 2.68. The van der Waals surface area contributed by atoms with Gasteiger partial charge in [-0.05, 0) is 47.8 Å². The van der Waals surface area contributed by atoms with Gasteiger partial charge in [0.2, 0.25) is 0 Å². The molecular formula is C24H25P. The lowest BCUT2D eigenvalue weighted by atomic mass is 10.1. The van der Waals surface area contributed by atoms with E-state index in [0.717, 1.165) is 6.42 Å². The molecule has 0 aromatic heterocycles. The minimum absolute atomic E-state index is 0.603. The Balaban J connectivity index is 1.92. The van der Waals surface area contributed by atoms with Crippen molar-refractivity contribution in [2.75, 3.05) is 0 Å². The first-order chi connectivity index (χ1) is 12.3. The number of rotatable bonds is 7. The summed E-state index contributed by atoms with van der Waals surface area (Å²) in [5, 5.41) is 3.92. The molecule has 0 bridgehead atoms. The second-order valence-corrected chi connectivity index (χ2v) is 8.50. The van der Waals surface area contributed by atoms with Crippen LogP contribution >= 0.6 is 7.92 Å². The third-order valence-corrected chi connectivity index (χ3v) is 6.83. The van der Waals surface area contributed by atoms with Crippen LogP contribution in [-0.4, -0.2) is 0 Å². The van der Waals surface area contributed by atoms with Crippen LogP contribution in [0.3, 0.4) is 0 Å². The SMILES string of the molecule is C=C(c1ccc(CCCC)cc1)P(c1ccccc1)c1ccccc1. The lowest BCUT2D eigenvalue weighted by Gasteiger charge is -2.21. The predicted octanol–water partition coefficient (Wildman–Crippen LogP) is 6.13. The third kappa shape index (κ3) is 4.47. The molecule has 1 heteroatoms. The first kappa shape index (κ1) is 17.6. The number of hydrogen-bond acceptors (Lipinski definition) is 0. The molecule has 3 aromatic rings. The van der Waals surface area contributed by atoms with E-state index in [2.05, 4.69) is 98.4 Å². The zero-order valence-electron chi connectivity index (χ0n) is 14.9. The zero-order chi connectivity index (χ0) is 17.5. The highest BCUT2D eigenvalue weighted by Gasteiger charge is 2.18. The van der Waals surface area contributed by atoms with E-state index in [-0.39, 0.29) is 0 Å². The number of aryl methyl sites for hydroxylation is 1. The topological polar surface area (TPSA) is 0 Å². The molecule has 0 atom stereocenters. The minimum atomic E-state index is -0.603. The molecule has 0 aliphatic heterocycles. The summed E-state index contributed by atoms with van der Waals surface area (Å²) in [7, 11) is -0.603. The van der Waals surface area contributed by atoms with Crippen LogP contribution in [0.1, 0.15) is 30.9 Å². The molecule has 0 nitrogen and oxygen atoms in total. The van der Waals surface area contributed by atoms with Gasteiger partial charge in [0.25, 0.3) is 0 Å². The van der Waals surface area contributed by atoms with Gasteiger partial charge in [0.1, 0.15) is 0 Å². The summed E-state index contributed by atoms with van der Waals surface area (Å²) >= 11 is 0. The van der Waals surface area contributed by atoms with Crippen molar-refractivity contribution < 1.29 is 0 Å². The van der Waals surface area contributed by atoms with Crippen LogP contribution in [0.2, 0.25) is 0 Å². The van der Waals surface area contributed by atoms with Crippen LogP contribution in [0, 0.1) is 0 Å². The van der Waals surface area contributed by atoms with Gasteiger partial charge in [-0.3, -0.25) is 0 Å². The van der Waals surface area contributed by atoms with Gasteiger partial charge < -0.3 is 0 Å². The lowest BCUT2D eigenvalue weighted by molar-refractivity contribution is 0.795. The Morgan fingerprint density at radius 2 is 1.28 bits per heavy atom. The molecule has 3 rings (SSSR count). The first-order valence-corrected chi connectivity index (χ1v) is 10.3. The van der Waals surface area contributed by atoms with E-state index in [1.807, 2.05) is 0 Å². The Morgan fingerprint density at radius 3 is 1.76 bits per heavy atom. The molecule has 0 saturated heterocycles. The normalized spacial score (nSPS) is 10.8. The Labute approximate surface area is 153 Å². The van der Waals surface area contributed by atoms with Crippen molar-refractivity contribution in [3.8, 4) is 0 Å². The molecule has 0 aliphatic rings. The van der Waals surface area contributed by atoms with Crippen molar-refractivity contribution in [2.45, 2.75) is 26.2 Å². The Hall–Kier alpha value is -2.17. The van der Waals surface area contributed by atoms with E-state index in [1.165, 1.54) is 39.9 Å². The van der Waals surface area contributed by atoms with Crippen LogP contribution < -0.4 is 10.6 Å². The second-order valence-electron chi connectivity index (χ2n) is 6.25. The summed E-state index contributed by atoms with van der Waals surface area (Å²) in [6, 6.07) is 30.5. The highest BCUT2D eigenvalue weighted by molar-refractivity contribution is 7.82. The van der Waals surface area contributed by atoms with Crippen LogP contribution in [-0.2, 0) is 6.42 Å². The molecule has 0 spiro atoms. The average molecular weight is 344 g/mol. The third-order valence-electron chi connectivity index (χ3n) is 4.40. The minimum Gasteiger partial charge on any atom is -0.0900 e. The Morgan fingerprint density at radius 1 is 0.760 bits per heavy atom. The molecule has 0 unspecified atom stereocenters. The van der Waals surface area contributed by atoms with Gasteiger partial charge in [-0.15, -0.1) is 0 Å². The second kappa shape index (κ2) is 8.79. The standard InChI is InChI=1S/C24H25P/c1-3-4-11-21-16-18-22(19-17-21)20(2)25(23-12-7-5-8-13-23)24-14-9-6-10-15-24/h5-10,12-19H,2-4,11H2,1H3. The van der Waals surface area contributed by atoms with E-state index in [1.54, 1.807) is 0 Å². The van der Waals surface area contributed by atoms with Gasteiger partial charge >= 0.3 is 0 Å². The molecule has 25 heavy (non-hydrogen) atoms. The summed E-state index contributed by atoms with van der Waals surface area (Å²) in [6.07, 6.45) is 3.65. The lowest BCUT2D eigenvalue weighted by Crippen LogP contribution is -2.12. The molecular weight excluding hydrogens is 319 g/mol. The summed E-state index contributed by atoms with van der Waals surface area (Å²) in [4.78, 5) is 0. The van der Waals surface area contributed by atoms with Crippen molar-refractivity contribution in [1.82, 2.24) is 0 Å². The molecule has 0 fully saturated rings. The van der Waals surface area contributed by atoms with Crippen LogP contribution in [0.15, 0.2) is 91.5 Å². The number of unbranched alkanes of at least 4 members (excludes halogenated alkanes) is 1. The molecule has 0 amide bonds. The van der Waals surface area contributed by atoms with E-state index in [4.69, 9.17) is 0 Å². The maximum Gasteiger partial charge on any atom is -0.0134 e. The van der Waals surface area contributed by atoms with Gasteiger partial charge in [-0.1, -0.05) is 105 Å². The van der Waals surface area contributed by atoms with Gasteiger partial charge in [-0.25, -0.2) is 0 Å². The molecule has 0 radical (unpaired) electrons. The largest absolute Gasteiger partial charge is 0.0900 e. The maximum atomic E-state index is 4.50. The van der Waals surface area contributed by atoms with Crippen molar-refractivity contribution >= 4 is 23.8 Å². The Kier molecular flexibility index (Phi) is 6.20. The maximum absolute atomic E-state index is 4.50. The first-order valence-electron chi connectivity index (χ1n) is 8.98. The van der Waals surface area contributed by atoms with E-state index in [0.29, 0.717) is 0 Å². The fourth-order valence-electron chi connectivity index (χ4n) is 2.99. The summed E-state index contributed by atoms with van der Waals surface area (Å²) < 4.78 is 0. The van der Waals surface area contributed by atoms with Gasteiger partial charge in [0.05, 0.1) is 0 Å². The summed E-state index contributed by atoms with van der Waals surface area (Å²) in [5.74, 6) is 0. The molecule has 0 heterocycles. The summed E-state index contributed by atoms with van der Waals surface area (Å²) in [5.41, 5.74) is 2.67.